The molecule has 0 aliphatic carbocycles. The minimum atomic E-state index is -0.950. The molecule has 0 atom stereocenters. The van der Waals surface area contributed by atoms with Crippen LogP contribution in [0.25, 0.3) is 0 Å². The molecule has 0 spiro atoms. The first kappa shape index (κ1) is 27.2. The maximum atomic E-state index is 12.3. The van der Waals surface area contributed by atoms with Crippen LogP contribution in [0.2, 0.25) is 5.02 Å². The number of hydrogen-bond acceptors (Lipinski definition) is 6. The lowest BCUT2D eigenvalue weighted by molar-refractivity contribution is -0.136. The van der Waals surface area contributed by atoms with Gasteiger partial charge in [0, 0.05) is 22.0 Å². The number of aryl methyl sites for hydroxylation is 2. The topological polar surface area (TPSA) is 118 Å². The van der Waals surface area contributed by atoms with E-state index in [-0.39, 0.29) is 12.5 Å². The Balaban J connectivity index is 1.55. The number of hydrogen-bond donors (Lipinski definition) is 3. The number of hydrazone groups is 1. The molecule has 0 radical (unpaired) electrons. The molecule has 37 heavy (non-hydrogen) atoms. The molecule has 0 bridgehead atoms. The van der Waals surface area contributed by atoms with Crippen molar-refractivity contribution in [3.63, 3.8) is 0 Å². The van der Waals surface area contributed by atoms with E-state index < -0.39 is 11.8 Å². The third-order valence-corrected chi connectivity index (χ3v) is 5.36. The summed E-state index contributed by atoms with van der Waals surface area (Å²) < 4.78 is 11.0. The smallest absolute Gasteiger partial charge is 0.329 e. The first-order valence-electron chi connectivity index (χ1n) is 11.4. The van der Waals surface area contributed by atoms with Gasteiger partial charge in [-0.15, -0.1) is 0 Å². The molecule has 192 valence electrons. The Labute approximate surface area is 219 Å². The fourth-order valence-electron chi connectivity index (χ4n) is 3.11. The van der Waals surface area contributed by atoms with Gasteiger partial charge in [-0.2, -0.15) is 5.10 Å². The average molecular weight is 523 g/mol. The normalized spacial score (nSPS) is 10.6. The highest BCUT2D eigenvalue weighted by Crippen LogP contribution is 2.22. The fraction of sp³-hybridized carbons (Fsp3) is 0.185. The first-order chi connectivity index (χ1) is 17.7. The highest BCUT2D eigenvalue weighted by Gasteiger charge is 2.13. The van der Waals surface area contributed by atoms with Gasteiger partial charge in [0.1, 0.15) is 11.5 Å². The van der Waals surface area contributed by atoms with E-state index >= 15 is 0 Å². The number of anilines is 2. The van der Waals surface area contributed by atoms with Crippen molar-refractivity contribution in [1.82, 2.24) is 5.43 Å². The standard InChI is InChI=1S/C27H27ClN4O5/c1-4-36-23-10-8-21(9-11-23)30-25(33)16-37-24-12-6-20(28)14-19(24)15-29-32-27(35)26(34)31-22-7-5-17(2)18(3)13-22/h5-15H,4,16H2,1-3H3,(H,30,33)(H,31,34)(H,32,35)/b29-15-. The predicted octanol–water partition coefficient (Wildman–Crippen LogP) is 4.46. The van der Waals surface area contributed by atoms with Crippen molar-refractivity contribution in [2.45, 2.75) is 20.8 Å². The fourth-order valence-corrected chi connectivity index (χ4v) is 3.29. The third kappa shape index (κ3) is 8.36. The number of carbonyl (C=O) groups is 3. The quantitative estimate of drug-likeness (QED) is 0.218. The van der Waals surface area contributed by atoms with Crippen molar-refractivity contribution in [2.24, 2.45) is 5.10 Å². The molecule has 9 nitrogen and oxygen atoms in total. The molecule has 10 heteroatoms. The number of ether oxygens (including phenoxy) is 2. The number of benzene rings is 3. The minimum absolute atomic E-state index is 0.277. The summed E-state index contributed by atoms with van der Waals surface area (Å²) in [5.41, 5.74) is 5.71. The molecular formula is C27H27ClN4O5. The lowest BCUT2D eigenvalue weighted by Crippen LogP contribution is -2.32. The van der Waals surface area contributed by atoms with Crippen LogP contribution in [0.15, 0.2) is 65.8 Å². The number of halogens is 1. The highest BCUT2D eigenvalue weighted by molar-refractivity contribution is 6.39. The van der Waals surface area contributed by atoms with Crippen LogP contribution >= 0.6 is 11.6 Å². The molecule has 0 aliphatic heterocycles. The molecule has 3 aromatic carbocycles. The van der Waals surface area contributed by atoms with Crippen LogP contribution < -0.4 is 25.5 Å². The van der Waals surface area contributed by atoms with Crippen LogP contribution in [0.4, 0.5) is 11.4 Å². The van der Waals surface area contributed by atoms with Gasteiger partial charge in [0.25, 0.3) is 5.91 Å². The number of amides is 3. The van der Waals surface area contributed by atoms with Crippen LogP contribution in [0.1, 0.15) is 23.6 Å². The van der Waals surface area contributed by atoms with Crippen molar-refractivity contribution < 1.29 is 23.9 Å². The zero-order valence-corrected chi connectivity index (χ0v) is 21.4. The van der Waals surface area contributed by atoms with E-state index in [2.05, 4.69) is 21.2 Å². The maximum absolute atomic E-state index is 12.3. The Morgan fingerprint density at radius 1 is 0.865 bits per heavy atom. The summed E-state index contributed by atoms with van der Waals surface area (Å²) in [6.45, 7) is 6.02. The number of carbonyl (C=O) groups excluding carboxylic acids is 3. The van der Waals surface area contributed by atoms with Gasteiger partial charge < -0.3 is 20.1 Å². The molecule has 0 aliphatic rings. The second kappa shape index (κ2) is 13.1. The molecule has 0 aromatic heterocycles. The van der Waals surface area contributed by atoms with Crippen molar-refractivity contribution in [1.29, 1.82) is 0 Å². The number of nitrogens with zero attached hydrogens (tertiary/aromatic N) is 1. The minimum Gasteiger partial charge on any atom is -0.494 e. The van der Waals surface area contributed by atoms with Crippen molar-refractivity contribution >= 4 is 46.9 Å². The van der Waals surface area contributed by atoms with E-state index in [4.69, 9.17) is 21.1 Å². The van der Waals surface area contributed by atoms with Gasteiger partial charge in [0.2, 0.25) is 0 Å². The summed E-state index contributed by atoms with van der Waals surface area (Å²) in [6, 6.07) is 17.0. The van der Waals surface area contributed by atoms with Gasteiger partial charge in [0.15, 0.2) is 6.61 Å². The van der Waals surface area contributed by atoms with E-state index in [1.54, 1.807) is 54.6 Å². The van der Waals surface area contributed by atoms with Gasteiger partial charge in [-0.3, -0.25) is 14.4 Å². The summed E-state index contributed by atoms with van der Waals surface area (Å²) in [4.78, 5) is 36.6. The molecule has 3 amide bonds. The molecular weight excluding hydrogens is 496 g/mol. The molecule has 0 saturated carbocycles. The third-order valence-electron chi connectivity index (χ3n) is 5.12. The molecule has 0 heterocycles. The zero-order chi connectivity index (χ0) is 26.8. The molecule has 0 saturated heterocycles. The van der Waals surface area contributed by atoms with Gasteiger partial charge >= 0.3 is 11.8 Å². The number of rotatable bonds is 9. The van der Waals surface area contributed by atoms with Crippen molar-refractivity contribution in [3.8, 4) is 11.5 Å². The largest absolute Gasteiger partial charge is 0.494 e. The van der Waals surface area contributed by atoms with Gasteiger partial charge in [0.05, 0.1) is 12.8 Å². The van der Waals surface area contributed by atoms with E-state index in [0.717, 1.165) is 11.1 Å². The summed E-state index contributed by atoms with van der Waals surface area (Å²) in [7, 11) is 0. The zero-order valence-electron chi connectivity index (χ0n) is 20.6. The summed E-state index contributed by atoms with van der Waals surface area (Å²) >= 11 is 6.07. The van der Waals surface area contributed by atoms with Crippen molar-refractivity contribution in [3.05, 3.63) is 82.4 Å². The van der Waals surface area contributed by atoms with Crippen LogP contribution in [0.3, 0.4) is 0 Å². The van der Waals surface area contributed by atoms with Gasteiger partial charge in [-0.1, -0.05) is 17.7 Å². The molecule has 3 N–H and O–H groups in total. The average Bonchev–Trinajstić information content (AvgIpc) is 2.87. The summed E-state index contributed by atoms with van der Waals surface area (Å²) in [5, 5.41) is 9.46. The Morgan fingerprint density at radius 3 is 2.30 bits per heavy atom. The van der Waals surface area contributed by atoms with Gasteiger partial charge in [-0.05, 0) is 86.5 Å². The second-order valence-electron chi connectivity index (χ2n) is 7.93. The maximum Gasteiger partial charge on any atom is 0.329 e. The van der Waals surface area contributed by atoms with Crippen LogP contribution in [0.5, 0.6) is 11.5 Å². The van der Waals surface area contributed by atoms with E-state index in [9.17, 15) is 14.4 Å². The summed E-state index contributed by atoms with van der Waals surface area (Å²) in [6.07, 6.45) is 1.27. The monoisotopic (exact) mass is 522 g/mol. The van der Waals surface area contributed by atoms with E-state index in [1.807, 2.05) is 26.8 Å². The molecule has 3 aromatic rings. The molecule has 0 fully saturated rings. The van der Waals surface area contributed by atoms with E-state index in [1.165, 1.54) is 6.21 Å². The van der Waals surface area contributed by atoms with Gasteiger partial charge in [-0.25, -0.2) is 5.43 Å². The predicted molar refractivity (Wildman–Crippen MR) is 143 cm³/mol. The van der Waals surface area contributed by atoms with Crippen LogP contribution in [-0.4, -0.2) is 37.1 Å². The molecule has 3 rings (SSSR count). The first-order valence-corrected chi connectivity index (χ1v) is 11.8. The Kier molecular flexibility index (Phi) is 9.62. The number of nitrogens with one attached hydrogen (secondary N) is 3. The second-order valence-corrected chi connectivity index (χ2v) is 8.37. The Hall–Kier alpha value is -4.37. The Bertz CT molecular complexity index is 1310. The lowest BCUT2D eigenvalue weighted by atomic mass is 10.1. The van der Waals surface area contributed by atoms with Crippen molar-refractivity contribution in [2.75, 3.05) is 23.8 Å². The van der Waals surface area contributed by atoms with Crippen LogP contribution in [0, 0.1) is 13.8 Å². The SMILES string of the molecule is CCOc1ccc(NC(=O)COc2ccc(Cl)cc2/C=N\NC(=O)C(=O)Nc2ccc(C)c(C)c2)cc1. The van der Waals surface area contributed by atoms with Crippen LogP contribution in [-0.2, 0) is 14.4 Å². The molecule has 0 unspecified atom stereocenters. The summed E-state index contributed by atoms with van der Waals surface area (Å²) in [5.74, 6) is -1.18. The highest BCUT2D eigenvalue weighted by atomic mass is 35.5. The van der Waals surface area contributed by atoms with E-state index in [0.29, 0.717) is 40.1 Å². The lowest BCUT2D eigenvalue weighted by Gasteiger charge is -2.10. The Morgan fingerprint density at radius 2 is 1.59 bits per heavy atom.